The van der Waals surface area contributed by atoms with Crippen LogP contribution in [0.4, 0.5) is 0 Å². The van der Waals surface area contributed by atoms with Gasteiger partial charge in [-0.1, -0.05) is 30.2 Å². The van der Waals surface area contributed by atoms with E-state index in [1.165, 1.54) is 37.9 Å². The molecule has 1 fully saturated rings. The molecular weight excluding hydrogens is 208 g/mol. The Bertz CT molecular complexity index is 278. The summed E-state index contributed by atoms with van der Waals surface area (Å²) >= 11 is 5.84. The zero-order valence-corrected chi connectivity index (χ0v) is 9.84. The first-order valence-corrected chi connectivity index (χ1v) is 5.69. The Morgan fingerprint density at radius 1 is 1.00 bits per heavy atom. The molecule has 0 unspecified atom stereocenters. The van der Waals surface area contributed by atoms with Gasteiger partial charge in [-0.2, -0.15) is 0 Å². The van der Waals surface area contributed by atoms with Crippen molar-refractivity contribution in [1.82, 2.24) is 11.1 Å². The van der Waals surface area contributed by atoms with E-state index in [-0.39, 0.29) is 6.15 Å². The zero-order chi connectivity index (χ0) is 9.80. The van der Waals surface area contributed by atoms with E-state index >= 15 is 0 Å². The number of rotatable bonds is 2. The van der Waals surface area contributed by atoms with Crippen LogP contribution in [0.25, 0.3) is 0 Å². The first-order valence-electron chi connectivity index (χ1n) is 5.31. The quantitative estimate of drug-likeness (QED) is 0.839. The molecule has 1 saturated heterocycles. The molecule has 0 radical (unpaired) electrons. The van der Waals surface area contributed by atoms with E-state index in [1.54, 1.807) is 0 Å². The van der Waals surface area contributed by atoms with E-state index in [1.807, 2.05) is 12.1 Å². The largest absolute Gasteiger partial charge is 0.344 e. The number of likely N-dealkylation sites (tertiary alicyclic amines) is 1. The first-order chi connectivity index (χ1) is 6.84. The third-order valence-corrected chi connectivity index (χ3v) is 3.02. The highest BCUT2D eigenvalue weighted by atomic mass is 35.5. The molecule has 0 bridgehead atoms. The van der Waals surface area contributed by atoms with Crippen LogP contribution in [-0.2, 0) is 6.54 Å². The van der Waals surface area contributed by atoms with Crippen LogP contribution in [0.15, 0.2) is 24.3 Å². The fourth-order valence-electron chi connectivity index (χ4n) is 1.97. The fourth-order valence-corrected chi connectivity index (χ4v) is 2.09. The summed E-state index contributed by atoms with van der Waals surface area (Å²) < 4.78 is 0. The van der Waals surface area contributed by atoms with Crippen LogP contribution >= 0.6 is 11.6 Å². The standard InChI is InChI=1S/C12H16ClN.H3N/c13-12-6-4-11(5-7-12)10-14-8-2-1-3-9-14;/h4-7H,1-3,8-10H2;1H3. The number of nitrogens with zero attached hydrogens (tertiary/aromatic N) is 1. The van der Waals surface area contributed by atoms with Gasteiger partial charge in [0.25, 0.3) is 0 Å². The molecule has 2 nitrogen and oxygen atoms in total. The van der Waals surface area contributed by atoms with Gasteiger partial charge in [0.1, 0.15) is 0 Å². The molecule has 1 aromatic rings. The second-order valence-corrected chi connectivity index (χ2v) is 4.40. The molecule has 1 aromatic carbocycles. The number of benzene rings is 1. The Kier molecular flexibility index (Phi) is 5.09. The summed E-state index contributed by atoms with van der Waals surface area (Å²) in [6, 6.07) is 8.19. The van der Waals surface area contributed by atoms with Gasteiger partial charge in [0.15, 0.2) is 0 Å². The second-order valence-electron chi connectivity index (χ2n) is 3.96. The monoisotopic (exact) mass is 226 g/mol. The predicted octanol–water partition coefficient (Wildman–Crippen LogP) is 3.49. The number of hydrogen-bond acceptors (Lipinski definition) is 2. The van der Waals surface area contributed by atoms with Gasteiger partial charge in [-0.15, -0.1) is 0 Å². The van der Waals surface area contributed by atoms with Crippen molar-refractivity contribution in [3.05, 3.63) is 34.9 Å². The molecule has 0 aliphatic carbocycles. The lowest BCUT2D eigenvalue weighted by Crippen LogP contribution is -2.28. The Balaban J connectivity index is 0.00000112. The predicted molar refractivity (Wildman–Crippen MR) is 65.6 cm³/mol. The minimum Gasteiger partial charge on any atom is -0.344 e. The Morgan fingerprint density at radius 2 is 1.60 bits per heavy atom. The number of hydrogen-bond donors (Lipinski definition) is 1. The van der Waals surface area contributed by atoms with Crippen molar-refractivity contribution in [2.75, 3.05) is 13.1 Å². The maximum atomic E-state index is 5.84. The minimum atomic E-state index is 0. The highest BCUT2D eigenvalue weighted by Gasteiger charge is 2.09. The van der Waals surface area contributed by atoms with Gasteiger partial charge in [-0.05, 0) is 43.6 Å². The average molecular weight is 227 g/mol. The van der Waals surface area contributed by atoms with Crippen LogP contribution < -0.4 is 6.15 Å². The molecule has 1 aliphatic rings. The molecule has 15 heavy (non-hydrogen) atoms. The highest BCUT2D eigenvalue weighted by molar-refractivity contribution is 6.30. The van der Waals surface area contributed by atoms with Gasteiger partial charge in [-0.25, -0.2) is 0 Å². The topological polar surface area (TPSA) is 38.2 Å². The number of piperidine rings is 1. The van der Waals surface area contributed by atoms with E-state index < -0.39 is 0 Å². The summed E-state index contributed by atoms with van der Waals surface area (Å²) in [5.74, 6) is 0. The summed E-state index contributed by atoms with van der Waals surface area (Å²) in [6.07, 6.45) is 4.11. The first kappa shape index (κ1) is 12.5. The van der Waals surface area contributed by atoms with E-state index in [2.05, 4.69) is 17.0 Å². The maximum Gasteiger partial charge on any atom is 0.0406 e. The average Bonchev–Trinajstić information content (AvgIpc) is 2.23. The van der Waals surface area contributed by atoms with Gasteiger partial charge < -0.3 is 6.15 Å². The van der Waals surface area contributed by atoms with Crippen molar-refractivity contribution in [2.24, 2.45) is 0 Å². The molecule has 2 rings (SSSR count). The van der Waals surface area contributed by atoms with Gasteiger partial charge in [-0.3, -0.25) is 4.90 Å². The van der Waals surface area contributed by atoms with Gasteiger partial charge in [0.05, 0.1) is 0 Å². The SMILES string of the molecule is Clc1ccc(CN2CCCCC2)cc1.N. The van der Waals surface area contributed by atoms with Crippen LogP contribution in [-0.4, -0.2) is 18.0 Å². The Labute approximate surface area is 96.8 Å². The molecule has 0 aromatic heterocycles. The van der Waals surface area contributed by atoms with E-state index in [0.717, 1.165) is 11.6 Å². The van der Waals surface area contributed by atoms with Crippen molar-refractivity contribution in [3.63, 3.8) is 0 Å². The van der Waals surface area contributed by atoms with Crippen molar-refractivity contribution in [2.45, 2.75) is 25.8 Å². The normalized spacial score (nSPS) is 17.1. The van der Waals surface area contributed by atoms with E-state index in [4.69, 9.17) is 11.6 Å². The van der Waals surface area contributed by atoms with Gasteiger partial charge in [0.2, 0.25) is 0 Å². The Morgan fingerprint density at radius 3 is 2.20 bits per heavy atom. The molecule has 0 saturated carbocycles. The second kappa shape index (κ2) is 6.11. The molecule has 0 spiro atoms. The molecule has 0 amide bonds. The Hall–Kier alpha value is -0.570. The maximum absolute atomic E-state index is 5.84. The lowest BCUT2D eigenvalue weighted by molar-refractivity contribution is 0.221. The minimum absolute atomic E-state index is 0. The van der Waals surface area contributed by atoms with Crippen LogP contribution in [0.2, 0.25) is 5.02 Å². The molecule has 1 aliphatic heterocycles. The van der Waals surface area contributed by atoms with Crippen molar-refractivity contribution < 1.29 is 0 Å². The summed E-state index contributed by atoms with van der Waals surface area (Å²) in [5, 5.41) is 0.826. The number of halogens is 1. The van der Waals surface area contributed by atoms with Gasteiger partial charge >= 0.3 is 0 Å². The van der Waals surface area contributed by atoms with Crippen molar-refractivity contribution in [1.29, 1.82) is 0 Å². The van der Waals surface area contributed by atoms with Crippen LogP contribution in [0.1, 0.15) is 24.8 Å². The molecule has 1 heterocycles. The third-order valence-electron chi connectivity index (χ3n) is 2.77. The molecule has 0 atom stereocenters. The lowest BCUT2D eigenvalue weighted by Gasteiger charge is -2.26. The molecule has 3 N–H and O–H groups in total. The fraction of sp³-hybridized carbons (Fsp3) is 0.500. The van der Waals surface area contributed by atoms with E-state index in [9.17, 15) is 0 Å². The van der Waals surface area contributed by atoms with Crippen LogP contribution in [0.5, 0.6) is 0 Å². The lowest BCUT2D eigenvalue weighted by atomic mass is 10.1. The van der Waals surface area contributed by atoms with Crippen molar-refractivity contribution in [3.8, 4) is 0 Å². The third kappa shape index (κ3) is 3.82. The summed E-state index contributed by atoms with van der Waals surface area (Å²) in [6.45, 7) is 3.59. The highest BCUT2D eigenvalue weighted by Crippen LogP contribution is 2.14. The van der Waals surface area contributed by atoms with Crippen molar-refractivity contribution >= 4 is 11.6 Å². The van der Waals surface area contributed by atoms with Gasteiger partial charge in [0, 0.05) is 11.6 Å². The molecular formula is C12H19ClN2. The summed E-state index contributed by atoms with van der Waals surface area (Å²) in [5.41, 5.74) is 1.37. The summed E-state index contributed by atoms with van der Waals surface area (Å²) in [4.78, 5) is 2.52. The zero-order valence-electron chi connectivity index (χ0n) is 9.08. The van der Waals surface area contributed by atoms with Crippen LogP contribution in [0, 0.1) is 0 Å². The van der Waals surface area contributed by atoms with E-state index in [0.29, 0.717) is 0 Å². The molecule has 3 heteroatoms. The smallest absolute Gasteiger partial charge is 0.0406 e. The van der Waals surface area contributed by atoms with Crippen LogP contribution in [0.3, 0.4) is 0 Å². The summed E-state index contributed by atoms with van der Waals surface area (Å²) in [7, 11) is 0. The molecule has 84 valence electrons.